The molecule has 1 heterocycles. The van der Waals surface area contributed by atoms with Crippen molar-refractivity contribution in [3.05, 3.63) is 30.1 Å². The van der Waals surface area contributed by atoms with Gasteiger partial charge in [0.05, 0.1) is 11.6 Å². The molecule has 1 unspecified atom stereocenters. The van der Waals surface area contributed by atoms with Gasteiger partial charge in [-0.15, -0.1) is 0 Å². The zero-order valence-corrected chi connectivity index (χ0v) is 11.1. The van der Waals surface area contributed by atoms with Gasteiger partial charge in [0.1, 0.15) is 0 Å². The number of nitrogens with two attached hydrogens (primary N) is 1. The maximum atomic E-state index is 11.7. The molecule has 0 amide bonds. The highest BCUT2D eigenvalue weighted by molar-refractivity contribution is 7.89. The quantitative estimate of drug-likeness (QED) is 0.483. The van der Waals surface area contributed by atoms with Crippen molar-refractivity contribution in [2.24, 2.45) is 11.7 Å². The van der Waals surface area contributed by atoms with Crippen LogP contribution >= 0.6 is 0 Å². The van der Waals surface area contributed by atoms with Crippen LogP contribution in [0.25, 0.3) is 0 Å². The van der Waals surface area contributed by atoms with Crippen molar-refractivity contribution in [1.29, 1.82) is 5.41 Å². The van der Waals surface area contributed by atoms with Crippen LogP contribution in [0.3, 0.4) is 0 Å². The molecule has 0 aliphatic carbocycles. The van der Waals surface area contributed by atoms with Gasteiger partial charge >= 0.3 is 0 Å². The van der Waals surface area contributed by atoms with Crippen molar-refractivity contribution in [2.45, 2.75) is 13.3 Å². The third-order valence-electron chi connectivity index (χ3n) is 2.49. The number of hydrogen-bond acceptors (Lipinski definition) is 4. The van der Waals surface area contributed by atoms with E-state index in [1.165, 1.54) is 0 Å². The maximum Gasteiger partial charge on any atom is 0.211 e. The molecule has 0 saturated carbocycles. The van der Waals surface area contributed by atoms with E-state index in [1.807, 2.05) is 6.07 Å². The molecule has 0 aliphatic heterocycles. The fraction of sp³-hybridized carbons (Fsp3) is 0.455. The van der Waals surface area contributed by atoms with Crippen molar-refractivity contribution in [3.8, 4) is 0 Å². The molecule has 0 spiro atoms. The topological polar surface area (TPSA) is 109 Å². The van der Waals surface area contributed by atoms with Crippen molar-refractivity contribution in [2.75, 3.05) is 12.3 Å². The molecule has 0 aliphatic rings. The number of amidine groups is 1. The lowest BCUT2D eigenvalue weighted by Crippen LogP contribution is -2.35. The van der Waals surface area contributed by atoms with Crippen molar-refractivity contribution < 1.29 is 8.42 Å². The molecule has 1 aromatic heterocycles. The average Bonchev–Trinajstić information content (AvgIpc) is 2.35. The number of sulfonamides is 1. The lowest BCUT2D eigenvalue weighted by Gasteiger charge is -2.11. The molecule has 0 saturated heterocycles. The average molecular weight is 270 g/mol. The summed E-state index contributed by atoms with van der Waals surface area (Å²) in [4.78, 5) is 4.06. The Morgan fingerprint density at radius 1 is 1.56 bits per heavy atom. The van der Waals surface area contributed by atoms with E-state index in [1.54, 1.807) is 25.3 Å². The van der Waals surface area contributed by atoms with Crippen LogP contribution in [-0.4, -0.2) is 31.5 Å². The molecule has 4 N–H and O–H groups in total. The highest BCUT2D eigenvalue weighted by Crippen LogP contribution is 1.99. The Labute approximate surface area is 107 Å². The van der Waals surface area contributed by atoms with Crippen LogP contribution in [0.4, 0.5) is 0 Å². The Hall–Kier alpha value is -1.47. The van der Waals surface area contributed by atoms with E-state index in [4.69, 9.17) is 11.1 Å². The molecule has 1 atom stereocenters. The van der Waals surface area contributed by atoms with Crippen LogP contribution in [0.15, 0.2) is 24.4 Å². The molecule has 0 radical (unpaired) electrons. The van der Waals surface area contributed by atoms with Crippen LogP contribution < -0.4 is 10.5 Å². The second-order valence-corrected chi connectivity index (χ2v) is 6.02. The Bertz CT molecular complexity index is 487. The predicted molar refractivity (Wildman–Crippen MR) is 70.8 cm³/mol. The van der Waals surface area contributed by atoms with Crippen molar-refractivity contribution in [3.63, 3.8) is 0 Å². The first-order chi connectivity index (χ1) is 8.41. The van der Waals surface area contributed by atoms with E-state index in [0.717, 1.165) is 5.69 Å². The second kappa shape index (κ2) is 6.46. The van der Waals surface area contributed by atoms with E-state index in [0.29, 0.717) is 6.42 Å². The first-order valence-electron chi connectivity index (χ1n) is 5.62. The van der Waals surface area contributed by atoms with Gasteiger partial charge in [0.15, 0.2) is 0 Å². The summed E-state index contributed by atoms with van der Waals surface area (Å²) in [5.74, 6) is -0.341. The van der Waals surface area contributed by atoms with Crippen molar-refractivity contribution >= 4 is 15.9 Å². The highest BCUT2D eigenvalue weighted by atomic mass is 32.2. The minimum Gasteiger partial charge on any atom is -0.387 e. The summed E-state index contributed by atoms with van der Waals surface area (Å²) < 4.78 is 25.8. The van der Waals surface area contributed by atoms with Crippen molar-refractivity contribution in [1.82, 2.24) is 9.71 Å². The van der Waals surface area contributed by atoms with Gasteiger partial charge in [0.2, 0.25) is 10.0 Å². The third kappa shape index (κ3) is 5.24. The minimum absolute atomic E-state index is 0.0192. The summed E-state index contributed by atoms with van der Waals surface area (Å²) in [5.41, 5.74) is 6.01. The van der Waals surface area contributed by atoms with Gasteiger partial charge in [-0.1, -0.05) is 13.0 Å². The molecule has 1 rings (SSSR count). The highest BCUT2D eigenvalue weighted by Gasteiger charge is 2.13. The summed E-state index contributed by atoms with van der Waals surface area (Å²) in [6, 6.07) is 5.39. The van der Waals surface area contributed by atoms with Gasteiger partial charge in [-0.25, -0.2) is 13.1 Å². The summed E-state index contributed by atoms with van der Waals surface area (Å²) >= 11 is 0. The molecular formula is C11H18N4O2S. The van der Waals surface area contributed by atoms with Gasteiger partial charge in [-0.05, 0) is 12.1 Å². The van der Waals surface area contributed by atoms with Gasteiger partial charge in [0, 0.05) is 30.8 Å². The maximum absolute atomic E-state index is 11.7. The van der Waals surface area contributed by atoms with Gasteiger partial charge in [0.25, 0.3) is 0 Å². The van der Waals surface area contributed by atoms with Gasteiger partial charge in [-0.3, -0.25) is 10.4 Å². The van der Waals surface area contributed by atoms with E-state index < -0.39 is 10.0 Å². The second-order valence-electron chi connectivity index (χ2n) is 4.09. The molecule has 0 aromatic carbocycles. The zero-order valence-electron chi connectivity index (χ0n) is 10.3. The molecule has 1 aromatic rings. The van der Waals surface area contributed by atoms with Crippen LogP contribution in [0.2, 0.25) is 0 Å². The van der Waals surface area contributed by atoms with Crippen LogP contribution in [0, 0.1) is 11.3 Å². The monoisotopic (exact) mass is 270 g/mol. The summed E-state index contributed by atoms with van der Waals surface area (Å²) in [5, 5.41) is 7.18. The Balaban J connectivity index is 2.43. The molecule has 18 heavy (non-hydrogen) atoms. The summed E-state index contributed by atoms with van der Waals surface area (Å²) in [6.07, 6.45) is 2.00. The number of nitrogens with zero attached hydrogens (tertiary/aromatic N) is 1. The summed E-state index contributed by atoms with van der Waals surface area (Å²) in [6.45, 7) is 1.85. The number of rotatable bonds is 7. The fourth-order valence-electron chi connectivity index (χ4n) is 1.22. The molecule has 7 heteroatoms. The number of nitrogens with one attached hydrogen (secondary N) is 2. The number of hydrogen-bond donors (Lipinski definition) is 3. The number of aryl methyl sites for hydroxylation is 1. The van der Waals surface area contributed by atoms with Crippen LogP contribution in [0.1, 0.15) is 12.6 Å². The largest absolute Gasteiger partial charge is 0.387 e. The zero-order chi connectivity index (χ0) is 13.6. The van der Waals surface area contributed by atoms with E-state index in [-0.39, 0.29) is 24.1 Å². The van der Waals surface area contributed by atoms with E-state index in [2.05, 4.69) is 9.71 Å². The molecule has 0 bridgehead atoms. The molecule has 6 nitrogen and oxygen atoms in total. The fourth-order valence-corrected chi connectivity index (χ4v) is 2.35. The Kier molecular flexibility index (Phi) is 5.24. The smallest absolute Gasteiger partial charge is 0.211 e. The SMILES string of the molecule is CC(CNS(=O)(=O)CCc1ccccn1)C(=N)N. The van der Waals surface area contributed by atoms with Gasteiger partial charge in [-0.2, -0.15) is 0 Å². The Morgan fingerprint density at radius 2 is 2.28 bits per heavy atom. The van der Waals surface area contributed by atoms with E-state index in [9.17, 15) is 8.42 Å². The van der Waals surface area contributed by atoms with E-state index >= 15 is 0 Å². The van der Waals surface area contributed by atoms with Crippen LogP contribution in [-0.2, 0) is 16.4 Å². The van der Waals surface area contributed by atoms with Crippen LogP contribution in [0.5, 0.6) is 0 Å². The number of pyridine rings is 1. The lowest BCUT2D eigenvalue weighted by atomic mass is 10.2. The Morgan fingerprint density at radius 3 is 2.83 bits per heavy atom. The standard InChI is InChI=1S/C11H18N4O2S/c1-9(11(12)13)8-15-18(16,17)7-5-10-4-2-3-6-14-10/h2-4,6,9,15H,5,7-8H2,1H3,(H3,12,13). The van der Waals surface area contributed by atoms with Gasteiger partial charge < -0.3 is 5.73 Å². The first-order valence-corrected chi connectivity index (χ1v) is 7.27. The first kappa shape index (κ1) is 14.6. The normalized spacial score (nSPS) is 13.2. The molecular weight excluding hydrogens is 252 g/mol. The minimum atomic E-state index is -3.35. The predicted octanol–water partition coefficient (Wildman–Crippen LogP) is 0.116. The molecule has 0 fully saturated rings. The number of aromatic nitrogens is 1. The summed E-state index contributed by atoms with van der Waals surface area (Å²) in [7, 11) is -3.35. The third-order valence-corrected chi connectivity index (χ3v) is 3.84. The lowest BCUT2D eigenvalue weighted by molar-refractivity contribution is 0.573. The molecule has 100 valence electrons.